The molecule has 3 aromatic rings. The summed E-state index contributed by atoms with van der Waals surface area (Å²) in [6.07, 6.45) is 4.42. The highest BCUT2D eigenvalue weighted by Crippen LogP contribution is 2.26. The lowest BCUT2D eigenvalue weighted by molar-refractivity contribution is -0.893. The third-order valence-electron chi connectivity index (χ3n) is 6.06. The molecule has 0 saturated carbocycles. The first-order chi connectivity index (χ1) is 15.5. The second kappa shape index (κ2) is 10.3. The number of carbonyl (C=O) groups excluding carboxylic acids is 1. The molecule has 0 radical (unpaired) electrons. The standard InChI is InChI=1S/C25H31N5OS/c1-4-22(29(2)3)24-27-28-25(30(24)16-18-9-6-5-7-10-18)32-17-23(31)26-21-14-13-19-11-8-12-20(19)15-21/h5-7,9-10,13-15,22H,4,8,11-12,16-17H2,1-3H3,(H,26,31)/p+1/t22-/m0/s1. The molecule has 0 aliphatic heterocycles. The maximum Gasteiger partial charge on any atom is 0.234 e. The molecule has 2 N–H and O–H groups in total. The number of amides is 1. The molecule has 0 fully saturated rings. The van der Waals surface area contributed by atoms with E-state index in [-0.39, 0.29) is 11.9 Å². The van der Waals surface area contributed by atoms with Crippen molar-refractivity contribution < 1.29 is 9.69 Å². The number of nitrogens with one attached hydrogen (secondary N) is 2. The summed E-state index contributed by atoms with van der Waals surface area (Å²) in [7, 11) is 4.29. The summed E-state index contributed by atoms with van der Waals surface area (Å²) in [5, 5.41) is 12.9. The number of aryl methyl sites for hydroxylation is 2. The number of thioether (sulfide) groups is 1. The topological polar surface area (TPSA) is 64.2 Å². The average molecular weight is 451 g/mol. The smallest absolute Gasteiger partial charge is 0.234 e. The maximum absolute atomic E-state index is 12.7. The van der Waals surface area contributed by atoms with Crippen LogP contribution < -0.4 is 10.2 Å². The molecule has 1 aliphatic carbocycles. The Labute approximate surface area is 194 Å². The van der Waals surface area contributed by atoms with Crippen molar-refractivity contribution in [2.24, 2.45) is 0 Å². The first-order valence-electron chi connectivity index (χ1n) is 11.4. The third-order valence-corrected chi connectivity index (χ3v) is 7.03. The van der Waals surface area contributed by atoms with Gasteiger partial charge in [-0.25, -0.2) is 0 Å². The van der Waals surface area contributed by atoms with Gasteiger partial charge in [0.1, 0.15) is 6.04 Å². The summed E-state index contributed by atoms with van der Waals surface area (Å²) in [6.45, 7) is 2.87. The highest BCUT2D eigenvalue weighted by molar-refractivity contribution is 7.99. The number of carbonyl (C=O) groups is 1. The molecule has 32 heavy (non-hydrogen) atoms. The van der Waals surface area contributed by atoms with Crippen molar-refractivity contribution in [2.75, 3.05) is 25.2 Å². The van der Waals surface area contributed by atoms with Crippen LogP contribution in [0.15, 0.2) is 53.7 Å². The number of nitrogens with zero attached hydrogens (tertiary/aromatic N) is 3. The molecule has 6 nitrogen and oxygen atoms in total. The molecular weight excluding hydrogens is 418 g/mol. The second-order valence-electron chi connectivity index (χ2n) is 8.62. The SMILES string of the molecule is CC[C@@H](c1nnc(SCC(=O)Nc2ccc3c(c2)CCC3)n1Cc1ccccc1)[NH+](C)C. The van der Waals surface area contributed by atoms with Crippen LogP contribution in [0.1, 0.15) is 48.3 Å². The van der Waals surface area contributed by atoms with Crippen molar-refractivity contribution in [3.63, 3.8) is 0 Å². The summed E-state index contributed by atoms with van der Waals surface area (Å²) in [5.41, 5.74) is 4.85. The first-order valence-corrected chi connectivity index (χ1v) is 12.3. The fraction of sp³-hybridized carbons (Fsp3) is 0.400. The fourth-order valence-electron chi connectivity index (χ4n) is 4.40. The van der Waals surface area contributed by atoms with Crippen LogP contribution in [-0.4, -0.2) is 40.5 Å². The van der Waals surface area contributed by atoms with Gasteiger partial charge in [-0.15, -0.1) is 10.2 Å². The van der Waals surface area contributed by atoms with Gasteiger partial charge in [0, 0.05) is 12.1 Å². The van der Waals surface area contributed by atoms with Crippen LogP contribution in [0.4, 0.5) is 5.69 Å². The lowest BCUT2D eigenvalue weighted by Crippen LogP contribution is -3.06. The van der Waals surface area contributed by atoms with Crippen molar-refractivity contribution in [1.29, 1.82) is 0 Å². The molecule has 2 aromatic carbocycles. The highest BCUT2D eigenvalue weighted by atomic mass is 32.2. The number of hydrogen-bond acceptors (Lipinski definition) is 4. The number of benzene rings is 2. The monoisotopic (exact) mass is 450 g/mol. The van der Waals surface area contributed by atoms with E-state index in [0.717, 1.165) is 35.9 Å². The normalized spacial score (nSPS) is 13.9. The van der Waals surface area contributed by atoms with E-state index in [2.05, 4.69) is 65.4 Å². The van der Waals surface area contributed by atoms with Gasteiger partial charge in [-0.2, -0.15) is 0 Å². The van der Waals surface area contributed by atoms with Crippen LogP contribution in [-0.2, 0) is 24.2 Å². The quantitative estimate of drug-likeness (QED) is 0.492. The molecule has 4 rings (SSSR count). The van der Waals surface area contributed by atoms with Gasteiger partial charge in [0.2, 0.25) is 5.91 Å². The zero-order valence-corrected chi connectivity index (χ0v) is 19.9. The van der Waals surface area contributed by atoms with Crippen LogP contribution in [0.5, 0.6) is 0 Å². The fourth-order valence-corrected chi connectivity index (χ4v) is 5.15. The molecule has 1 aromatic heterocycles. The van der Waals surface area contributed by atoms with Crippen molar-refractivity contribution in [3.05, 3.63) is 71.0 Å². The number of hydrogen-bond donors (Lipinski definition) is 2. The van der Waals surface area contributed by atoms with Crippen LogP contribution in [0.25, 0.3) is 0 Å². The van der Waals surface area contributed by atoms with Gasteiger partial charge in [0.05, 0.1) is 26.4 Å². The van der Waals surface area contributed by atoms with Crippen LogP contribution in [0, 0.1) is 0 Å². The molecule has 0 unspecified atom stereocenters. The minimum absolute atomic E-state index is 0.0194. The van der Waals surface area contributed by atoms with E-state index in [0.29, 0.717) is 12.3 Å². The van der Waals surface area contributed by atoms with Crippen molar-refractivity contribution in [2.45, 2.75) is 50.4 Å². The van der Waals surface area contributed by atoms with Gasteiger partial charge in [-0.1, -0.05) is 55.1 Å². The zero-order chi connectivity index (χ0) is 22.5. The van der Waals surface area contributed by atoms with Crippen LogP contribution >= 0.6 is 11.8 Å². The largest absolute Gasteiger partial charge is 0.331 e. The Morgan fingerprint density at radius 3 is 2.66 bits per heavy atom. The summed E-state index contributed by atoms with van der Waals surface area (Å²) < 4.78 is 2.17. The molecule has 1 atom stereocenters. The van der Waals surface area contributed by atoms with Crippen LogP contribution in [0.3, 0.4) is 0 Å². The molecule has 0 bridgehead atoms. The van der Waals surface area contributed by atoms with Gasteiger partial charge >= 0.3 is 0 Å². The number of quaternary nitrogens is 1. The summed E-state index contributed by atoms with van der Waals surface area (Å²) in [6, 6.07) is 16.9. The van der Waals surface area contributed by atoms with Gasteiger partial charge in [0.15, 0.2) is 11.0 Å². The number of fused-ring (bicyclic) bond motifs is 1. The summed E-state index contributed by atoms with van der Waals surface area (Å²) in [5.74, 6) is 1.25. The Morgan fingerprint density at radius 1 is 1.12 bits per heavy atom. The predicted molar refractivity (Wildman–Crippen MR) is 129 cm³/mol. The minimum Gasteiger partial charge on any atom is -0.331 e. The molecule has 1 aliphatic rings. The van der Waals surface area contributed by atoms with E-state index in [1.54, 1.807) is 0 Å². The summed E-state index contributed by atoms with van der Waals surface area (Å²) in [4.78, 5) is 14.0. The van der Waals surface area contributed by atoms with E-state index >= 15 is 0 Å². The lowest BCUT2D eigenvalue weighted by Gasteiger charge is -2.20. The molecular formula is C25H32N5OS+. The Morgan fingerprint density at radius 2 is 1.91 bits per heavy atom. The molecule has 1 amide bonds. The highest BCUT2D eigenvalue weighted by Gasteiger charge is 2.25. The number of anilines is 1. The Balaban J connectivity index is 1.48. The number of aromatic nitrogens is 3. The van der Waals surface area contributed by atoms with Crippen molar-refractivity contribution in [1.82, 2.24) is 14.8 Å². The van der Waals surface area contributed by atoms with Gasteiger partial charge in [-0.3, -0.25) is 9.36 Å². The van der Waals surface area contributed by atoms with E-state index < -0.39 is 0 Å². The van der Waals surface area contributed by atoms with Crippen molar-refractivity contribution >= 4 is 23.4 Å². The van der Waals surface area contributed by atoms with Gasteiger partial charge in [-0.05, 0) is 48.1 Å². The molecule has 1 heterocycles. The van der Waals surface area contributed by atoms with E-state index in [9.17, 15) is 4.79 Å². The van der Waals surface area contributed by atoms with Crippen LogP contribution in [0.2, 0.25) is 0 Å². The van der Waals surface area contributed by atoms with E-state index in [1.807, 2.05) is 24.3 Å². The third kappa shape index (κ3) is 5.22. The van der Waals surface area contributed by atoms with Crippen molar-refractivity contribution in [3.8, 4) is 0 Å². The Bertz CT molecular complexity index is 1060. The predicted octanol–water partition coefficient (Wildman–Crippen LogP) is 3.14. The first kappa shape index (κ1) is 22.6. The van der Waals surface area contributed by atoms with E-state index in [4.69, 9.17) is 0 Å². The van der Waals surface area contributed by atoms with E-state index in [1.165, 1.54) is 39.8 Å². The zero-order valence-electron chi connectivity index (χ0n) is 19.1. The molecule has 0 spiro atoms. The summed E-state index contributed by atoms with van der Waals surface area (Å²) >= 11 is 1.45. The van der Waals surface area contributed by atoms with Gasteiger partial charge in [0.25, 0.3) is 0 Å². The van der Waals surface area contributed by atoms with Gasteiger partial charge < -0.3 is 10.2 Å². The Kier molecular flexibility index (Phi) is 7.27. The molecule has 7 heteroatoms. The average Bonchev–Trinajstić information content (AvgIpc) is 3.40. The Hall–Kier alpha value is -2.64. The minimum atomic E-state index is -0.0194. The second-order valence-corrected chi connectivity index (χ2v) is 9.57. The lowest BCUT2D eigenvalue weighted by atomic mass is 10.1. The molecule has 168 valence electrons. The molecule has 0 saturated heterocycles. The maximum atomic E-state index is 12.7. The number of rotatable bonds is 9.